The molecule has 0 radical (unpaired) electrons. The van der Waals surface area contributed by atoms with Gasteiger partial charge in [0, 0.05) is 31.7 Å². The number of hydrogen-bond donors (Lipinski definition) is 0. The molecule has 132 valence electrons. The van der Waals surface area contributed by atoms with Crippen LogP contribution >= 0.6 is 0 Å². The van der Waals surface area contributed by atoms with Crippen molar-refractivity contribution in [1.29, 1.82) is 0 Å². The fourth-order valence-corrected chi connectivity index (χ4v) is 2.88. The Kier molecular flexibility index (Phi) is 5.02. The van der Waals surface area contributed by atoms with Gasteiger partial charge in [-0.1, -0.05) is 0 Å². The van der Waals surface area contributed by atoms with Crippen molar-refractivity contribution in [3.05, 3.63) is 41.5 Å². The first-order valence-corrected chi connectivity index (χ1v) is 8.18. The minimum atomic E-state index is -0.111. The number of aromatic nitrogens is 3. The number of fused-ring (bicyclic) bond motifs is 1. The number of rotatable bonds is 6. The number of amides is 1. The molecule has 2 heterocycles. The molecule has 0 atom stereocenters. The van der Waals surface area contributed by atoms with Gasteiger partial charge in [0.25, 0.3) is 0 Å². The Bertz CT molecular complexity index is 798. The maximum atomic E-state index is 12.4. The predicted molar refractivity (Wildman–Crippen MR) is 93.4 cm³/mol. The third-order valence-electron chi connectivity index (χ3n) is 4.28. The van der Waals surface area contributed by atoms with Gasteiger partial charge in [0.15, 0.2) is 5.82 Å². The highest BCUT2D eigenvalue weighted by molar-refractivity contribution is 5.92. The summed E-state index contributed by atoms with van der Waals surface area (Å²) >= 11 is 0. The Hall–Kier alpha value is -2.83. The normalized spacial score (nSPS) is 13.1. The van der Waals surface area contributed by atoms with Crippen LogP contribution in [0.3, 0.4) is 0 Å². The third-order valence-corrected chi connectivity index (χ3v) is 4.28. The average molecular weight is 342 g/mol. The monoisotopic (exact) mass is 342 g/mol. The minimum Gasteiger partial charge on any atom is -0.497 e. The van der Waals surface area contributed by atoms with E-state index in [-0.39, 0.29) is 5.91 Å². The van der Waals surface area contributed by atoms with Crippen molar-refractivity contribution in [2.45, 2.75) is 25.9 Å². The summed E-state index contributed by atoms with van der Waals surface area (Å²) in [5.41, 5.74) is 0.784. The molecular weight excluding hydrogens is 320 g/mol. The van der Waals surface area contributed by atoms with Crippen LogP contribution in [-0.4, -0.2) is 46.8 Å². The van der Waals surface area contributed by atoms with E-state index in [9.17, 15) is 4.79 Å². The van der Waals surface area contributed by atoms with Crippen LogP contribution in [0.5, 0.6) is 11.5 Å². The van der Waals surface area contributed by atoms with Crippen LogP contribution in [0.1, 0.15) is 23.6 Å². The summed E-state index contributed by atoms with van der Waals surface area (Å²) in [4.78, 5) is 14.0. The number of nitrogens with zero attached hydrogens (tertiary/aromatic N) is 4. The largest absolute Gasteiger partial charge is 0.497 e. The second kappa shape index (κ2) is 7.38. The van der Waals surface area contributed by atoms with Gasteiger partial charge in [0.05, 0.1) is 20.8 Å². The Morgan fingerprint density at radius 1 is 1.32 bits per heavy atom. The summed E-state index contributed by atoms with van der Waals surface area (Å²) in [7, 11) is 4.95. The van der Waals surface area contributed by atoms with Crippen LogP contribution in [0.2, 0.25) is 0 Å². The molecule has 0 saturated carbocycles. The van der Waals surface area contributed by atoms with E-state index in [0.717, 1.165) is 36.6 Å². The lowest BCUT2D eigenvalue weighted by Crippen LogP contribution is -2.26. The van der Waals surface area contributed by atoms with E-state index in [1.54, 1.807) is 32.2 Å². The standard InChI is InChI=1S/C18H22N4O3/c1-21(12-17-20-19-16-5-4-10-22(16)17)18(23)9-6-13-11-14(24-2)7-8-15(13)25-3/h6-9,11H,4-5,10,12H2,1-3H3. The molecule has 25 heavy (non-hydrogen) atoms. The number of hydrogen-bond acceptors (Lipinski definition) is 5. The first-order chi connectivity index (χ1) is 12.1. The number of benzene rings is 1. The van der Waals surface area contributed by atoms with Gasteiger partial charge in [-0.05, 0) is 30.7 Å². The lowest BCUT2D eigenvalue weighted by atomic mass is 10.1. The van der Waals surface area contributed by atoms with Crippen molar-refractivity contribution in [2.24, 2.45) is 0 Å². The quantitative estimate of drug-likeness (QED) is 0.750. The molecule has 1 amide bonds. The second-order valence-corrected chi connectivity index (χ2v) is 5.92. The van der Waals surface area contributed by atoms with Crippen molar-refractivity contribution >= 4 is 12.0 Å². The van der Waals surface area contributed by atoms with E-state index < -0.39 is 0 Å². The fourth-order valence-electron chi connectivity index (χ4n) is 2.88. The van der Waals surface area contributed by atoms with Gasteiger partial charge in [-0.15, -0.1) is 10.2 Å². The molecule has 1 aliphatic heterocycles. The van der Waals surface area contributed by atoms with Gasteiger partial charge in [0.2, 0.25) is 5.91 Å². The first-order valence-electron chi connectivity index (χ1n) is 8.18. The Morgan fingerprint density at radius 3 is 2.92 bits per heavy atom. The highest BCUT2D eigenvalue weighted by Gasteiger charge is 2.19. The molecule has 3 rings (SSSR count). The summed E-state index contributed by atoms with van der Waals surface area (Å²) in [5.74, 6) is 3.12. The van der Waals surface area contributed by atoms with Crippen LogP contribution in [0, 0.1) is 0 Å². The van der Waals surface area contributed by atoms with Gasteiger partial charge < -0.3 is 18.9 Å². The molecule has 2 aromatic rings. The molecule has 0 aliphatic carbocycles. The van der Waals surface area contributed by atoms with Gasteiger partial charge in [0.1, 0.15) is 17.3 Å². The van der Waals surface area contributed by atoms with Gasteiger partial charge in [-0.3, -0.25) is 4.79 Å². The van der Waals surface area contributed by atoms with Crippen LogP contribution in [0.4, 0.5) is 0 Å². The van der Waals surface area contributed by atoms with E-state index in [1.165, 1.54) is 6.08 Å². The molecule has 1 aromatic carbocycles. The lowest BCUT2D eigenvalue weighted by Gasteiger charge is -2.15. The van der Waals surface area contributed by atoms with Crippen molar-refractivity contribution < 1.29 is 14.3 Å². The van der Waals surface area contributed by atoms with E-state index in [4.69, 9.17) is 9.47 Å². The van der Waals surface area contributed by atoms with E-state index in [2.05, 4.69) is 14.8 Å². The maximum absolute atomic E-state index is 12.4. The highest BCUT2D eigenvalue weighted by atomic mass is 16.5. The molecule has 0 bridgehead atoms. The fraction of sp³-hybridized carbons (Fsp3) is 0.389. The Balaban J connectivity index is 1.69. The maximum Gasteiger partial charge on any atom is 0.246 e. The zero-order valence-electron chi connectivity index (χ0n) is 14.7. The molecule has 0 fully saturated rings. The number of carbonyl (C=O) groups is 1. The van der Waals surface area contributed by atoms with Gasteiger partial charge in [-0.25, -0.2) is 0 Å². The van der Waals surface area contributed by atoms with Crippen molar-refractivity contribution in [3.8, 4) is 11.5 Å². The predicted octanol–water partition coefficient (Wildman–Crippen LogP) is 1.91. The smallest absolute Gasteiger partial charge is 0.246 e. The molecule has 1 aliphatic rings. The lowest BCUT2D eigenvalue weighted by molar-refractivity contribution is -0.125. The minimum absolute atomic E-state index is 0.111. The SMILES string of the molecule is COc1ccc(OC)c(C=CC(=O)N(C)Cc2nnc3n2CCC3)c1. The molecule has 0 spiro atoms. The van der Waals surface area contributed by atoms with Gasteiger partial charge in [-0.2, -0.15) is 0 Å². The Labute approximate surface area is 146 Å². The van der Waals surface area contributed by atoms with Crippen LogP contribution in [0.25, 0.3) is 6.08 Å². The number of ether oxygens (including phenoxy) is 2. The van der Waals surface area contributed by atoms with Crippen LogP contribution in [-0.2, 0) is 24.3 Å². The molecule has 0 N–H and O–H groups in total. The third kappa shape index (κ3) is 3.65. The molecular formula is C18H22N4O3. The van der Waals surface area contributed by atoms with E-state index >= 15 is 0 Å². The summed E-state index contributed by atoms with van der Waals surface area (Å²) in [6.07, 6.45) is 5.30. The van der Waals surface area contributed by atoms with Crippen LogP contribution in [0.15, 0.2) is 24.3 Å². The molecule has 7 nitrogen and oxygen atoms in total. The number of aryl methyl sites for hydroxylation is 1. The first kappa shape index (κ1) is 17.0. The van der Waals surface area contributed by atoms with Crippen LogP contribution < -0.4 is 9.47 Å². The van der Waals surface area contributed by atoms with Crippen molar-refractivity contribution in [2.75, 3.05) is 21.3 Å². The van der Waals surface area contributed by atoms with Crippen molar-refractivity contribution in [1.82, 2.24) is 19.7 Å². The zero-order valence-corrected chi connectivity index (χ0v) is 14.7. The van der Waals surface area contributed by atoms with E-state index in [1.807, 2.05) is 18.2 Å². The average Bonchev–Trinajstić information content (AvgIpc) is 3.24. The topological polar surface area (TPSA) is 69.5 Å². The summed E-state index contributed by atoms with van der Waals surface area (Å²) in [5, 5.41) is 8.36. The number of carbonyl (C=O) groups excluding carboxylic acids is 1. The molecule has 0 saturated heterocycles. The number of methoxy groups -OCH3 is 2. The molecule has 7 heteroatoms. The van der Waals surface area contributed by atoms with E-state index in [0.29, 0.717) is 18.0 Å². The molecule has 1 aromatic heterocycles. The highest BCUT2D eigenvalue weighted by Crippen LogP contribution is 2.25. The second-order valence-electron chi connectivity index (χ2n) is 5.92. The summed E-state index contributed by atoms with van der Waals surface area (Å²) in [6.45, 7) is 1.36. The van der Waals surface area contributed by atoms with Crippen molar-refractivity contribution in [3.63, 3.8) is 0 Å². The Morgan fingerprint density at radius 2 is 2.16 bits per heavy atom. The number of likely N-dealkylation sites (N-methyl/N-ethyl adjacent to an activating group) is 1. The molecule has 0 unspecified atom stereocenters. The summed E-state index contributed by atoms with van der Waals surface area (Å²) < 4.78 is 12.6. The van der Waals surface area contributed by atoms with Gasteiger partial charge >= 0.3 is 0 Å². The zero-order chi connectivity index (χ0) is 17.8. The summed E-state index contributed by atoms with van der Waals surface area (Å²) in [6, 6.07) is 5.45.